The Labute approximate surface area is 151 Å². The summed E-state index contributed by atoms with van der Waals surface area (Å²) in [5.74, 6) is 0.890. The number of hydrogen-bond acceptors (Lipinski definition) is 3. The number of unbranched alkanes of at least 4 members (excludes halogenated alkanes) is 1. The van der Waals surface area contributed by atoms with Gasteiger partial charge in [-0.3, -0.25) is 9.67 Å². The van der Waals surface area contributed by atoms with Gasteiger partial charge in [0.25, 0.3) is 0 Å². The third-order valence-corrected chi connectivity index (χ3v) is 3.32. The van der Waals surface area contributed by atoms with Crippen molar-refractivity contribution in [2.75, 3.05) is 33.7 Å². The highest BCUT2D eigenvalue weighted by atomic mass is 127. The van der Waals surface area contributed by atoms with Gasteiger partial charge >= 0.3 is 0 Å². The molecule has 1 atom stereocenters. The molecule has 1 aromatic heterocycles. The zero-order valence-corrected chi connectivity index (χ0v) is 16.8. The van der Waals surface area contributed by atoms with Crippen molar-refractivity contribution in [3.05, 3.63) is 18.0 Å². The maximum atomic E-state index is 4.71. The van der Waals surface area contributed by atoms with Gasteiger partial charge in [0.1, 0.15) is 0 Å². The molecule has 128 valence electrons. The topological polar surface area (TPSA) is 57.5 Å². The average Bonchev–Trinajstić information content (AvgIpc) is 2.85. The van der Waals surface area contributed by atoms with Crippen molar-refractivity contribution in [1.82, 2.24) is 25.3 Å². The van der Waals surface area contributed by atoms with E-state index in [1.54, 1.807) is 0 Å². The van der Waals surface area contributed by atoms with E-state index in [1.807, 2.05) is 17.9 Å². The molecule has 0 saturated heterocycles. The summed E-state index contributed by atoms with van der Waals surface area (Å²) >= 11 is 0. The zero-order chi connectivity index (χ0) is 15.7. The van der Waals surface area contributed by atoms with Crippen LogP contribution in [0.5, 0.6) is 0 Å². The third-order valence-electron chi connectivity index (χ3n) is 3.32. The first-order chi connectivity index (χ1) is 10.1. The van der Waals surface area contributed by atoms with Gasteiger partial charge in [-0.25, -0.2) is 0 Å². The quantitative estimate of drug-likeness (QED) is 0.291. The molecule has 0 spiro atoms. The Morgan fingerprint density at radius 3 is 2.59 bits per heavy atom. The monoisotopic (exact) mass is 422 g/mol. The number of rotatable bonds is 8. The molecule has 0 fully saturated rings. The van der Waals surface area contributed by atoms with Gasteiger partial charge in [-0.2, -0.15) is 5.10 Å². The van der Waals surface area contributed by atoms with Gasteiger partial charge in [0.05, 0.1) is 18.8 Å². The maximum absolute atomic E-state index is 4.71. The van der Waals surface area contributed by atoms with Crippen LogP contribution in [0.4, 0.5) is 0 Å². The van der Waals surface area contributed by atoms with Gasteiger partial charge in [0, 0.05) is 31.9 Å². The maximum Gasteiger partial charge on any atom is 0.191 e. The molecule has 0 saturated carbocycles. The Morgan fingerprint density at radius 1 is 1.36 bits per heavy atom. The van der Waals surface area contributed by atoms with Gasteiger partial charge in [-0.1, -0.05) is 13.3 Å². The van der Waals surface area contributed by atoms with Crippen molar-refractivity contribution in [2.45, 2.75) is 32.7 Å². The lowest BCUT2D eigenvalue weighted by Crippen LogP contribution is -2.38. The summed E-state index contributed by atoms with van der Waals surface area (Å²) in [5, 5.41) is 10.9. The van der Waals surface area contributed by atoms with Gasteiger partial charge in [0.15, 0.2) is 5.96 Å². The fourth-order valence-corrected chi connectivity index (χ4v) is 2.08. The number of likely N-dealkylation sites (N-methyl/N-ethyl adjacent to an activating group) is 1. The van der Waals surface area contributed by atoms with Crippen molar-refractivity contribution >= 4 is 29.9 Å². The van der Waals surface area contributed by atoms with E-state index in [2.05, 4.69) is 54.8 Å². The molecule has 1 rings (SSSR count). The second-order valence-electron chi connectivity index (χ2n) is 5.43. The first-order valence-electron chi connectivity index (χ1n) is 7.75. The minimum Gasteiger partial charge on any atom is -0.357 e. The van der Waals surface area contributed by atoms with Crippen LogP contribution in [0.25, 0.3) is 0 Å². The number of nitrogens with zero attached hydrogens (tertiary/aromatic N) is 4. The van der Waals surface area contributed by atoms with Crippen LogP contribution in [0, 0.1) is 0 Å². The van der Waals surface area contributed by atoms with Crippen LogP contribution >= 0.6 is 24.0 Å². The molecule has 7 heteroatoms. The van der Waals surface area contributed by atoms with E-state index in [4.69, 9.17) is 4.99 Å². The molecule has 22 heavy (non-hydrogen) atoms. The van der Waals surface area contributed by atoms with E-state index in [-0.39, 0.29) is 30.0 Å². The van der Waals surface area contributed by atoms with Crippen LogP contribution in [0.3, 0.4) is 0 Å². The van der Waals surface area contributed by atoms with Crippen molar-refractivity contribution in [2.24, 2.45) is 12.0 Å². The first-order valence-corrected chi connectivity index (χ1v) is 7.75. The molecule has 0 amide bonds. The molecule has 0 aliphatic carbocycles. The lowest BCUT2D eigenvalue weighted by atomic mass is 10.1. The van der Waals surface area contributed by atoms with Crippen LogP contribution < -0.4 is 10.6 Å². The minimum absolute atomic E-state index is 0. The smallest absolute Gasteiger partial charge is 0.191 e. The van der Waals surface area contributed by atoms with Crippen LogP contribution in [-0.2, 0) is 7.05 Å². The summed E-state index contributed by atoms with van der Waals surface area (Å²) in [5.41, 5.74) is 1.19. The molecule has 0 bridgehead atoms. The third kappa shape index (κ3) is 7.44. The van der Waals surface area contributed by atoms with Gasteiger partial charge in [0.2, 0.25) is 0 Å². The van der Waals surface area contributed by atoms with Gasteiger partial charge in [-0.15, -0.1) is 24.0 Å². The van der Waals surface area contributed by atoms with E-state index in [9.17, 15) is 0 Å². The molecular weight excluding hydrogens is 391 g/mol. The van der Waals surface area contributed by atoms with E-state index in [1.165, 1.54) is 12.0 Å². The Hall–Kier alpha value is -0.830. The number of aliphatic imine (C=N–C) groups is 1. The second kappa shape index (κ2) is 11.7. The van der Waals surface area contributed by atoms with Crippen LogP contribution in [0.2, 0.25) is 0 Å². The van der Waals surface area contributed by atoms with Crippen molar-refractivity contribution in [1.29, 1.82) is 0 Å². The Bertz CT molecular complexity index is 429. The van der Waals surface area contributed by atoms with Gasteiger partial charge in [-0.05, 0) is 27.4 Å². The number of aryl methyl sites for hydroxylation is 1. The average molecular weight is 422 g/mol. The number of halogens is 1. The molecule has 0 aliphatic heterocycles. The van der Waals surface area contributed by atoms with Crippen molar-refractivity contribution in [3.8, 4) is 0 Å². The van der Waals surface area contributed by atoms with E-state index >= 15 is 0 Å². The van der Waals surface area contributed by atoms with Crippen molar-refractivity contribution in [3.63, 3.8) is 0 Å². The summed E-state index contributed by atoms with van der Waals surface area (Å²) in [4.78, 5) is 6.88. The molecule has 1 unspecified atom stereocenters. The Morgan fingerprint density at radius 2 is 2.09 bits per heavy atom. The van der Waals surface area contributed by atoms with Gasteiger partial charge < -0.3 is 15.5 Å². The predicted octanol–water partition coefficient (Wildman–Crippen LogP) is 2.00. The van der Waals surface area contributed by atoms with E-state index in [0.717, 1.165) is 25.5 Å². The standard InChI is InChI=1S/C15H30N6.HI/c1-6-8-9-17-15(16-7-2)18-11-14(20(3)4)13-10-19-21(5)12-13;/h10,12,14H,6-9,11H2,1-5H3,(H2,16,17,18);1H. The highest BCUT2D eigenvalue weighted by Gasteiger charge is 2.15. The summed E-state index contributed by atoms with van der Waals surface area (Å²) in [6, 6.07) is 0.236. The Balaban J connectivity index is 0.00000441. The van der Waals surface area contributed by atoms with Crippen LogP contribution in [-0.4, -0.2) is 54.4 Å². The lowest BCUT2D eigenvalue weighted by Gasteiger charge is -2.22. The fraction of sp³-hybridized carbons (Fsp3) is 0.733. The summed E-state index contributed by atoms with van der Waals surface area (Å²) in [7, 11) is 6.09. The lowest BCUT2D eigenvalue weighted by molar-refractivity contribution is 0.306. The van der Waals surface area contributed by atoms with Crippen LogP contribution in [0.15, 0.2) is 17.4 Å². The largest absolute Gasteiger partial charge is 0.357 e. The highest BCUT2D eigenvalue weighted by Crippen LogP contribution is 2.17. The molecule has 0 aliphatic rings. The normalized spacial score (nSPS) is 12.9. The first kappa shape index (κ1) is 21.2. The minimum atomic E-state index is 0. The molecule has 1 aromatic rings. The highest BCUT2D eigenvalue weighted by molar-refractivity contribution is 14.0. The molecule has 0 aromatic carbocycles. The van der Waals surface area contributed by atoms with E-state index < -0.39 is 0 Å². The number of nitrogens with one attached hydrogen (secondary N) is 2. The van der Waals surface area contributed by atoms with Crippen LogP contribution in [0.1, 0.15) is 38.3 Å². The molecule has 1 heterocycles. The SMILES string of the molecule is CCCCNC(=NCC(c1cnn(C)c1)N(C)C)NCC.I. The molecule has 2 N–H and O–H groups in total. The molecule has 0 radical (unpaired) electrons. The molecule has 6 nitrogen and oxygen atoms in total. The summed E-state index contributed by atoms with van der Waals surface area (Å²) in [6.07, 6.45) is 6.31. The second-order valence-corrected chi connectivity index (χ2v) is 5.43. The number of guanidine groups is 1. The number of aromatic nitrogens is 2. The summed E-state index contributed by atoms with van der Waals surface area (Å²) < 4.78 is 1.83. The number of hydrogen-bond donors (Lipinski definition) is 2. The van der Waals surface area contributed by atoms with E-state index in [0.29, 0.717) is 6.54 Å². The zero-order valence-electron chi connectivity index (χ0n) is 14.5. The predicted molar refractivity (Wildman–Crippen MR) is 104 cm³/mol. The van der Waals surface area contributed by atoms with Crippen molar-refractivity contribution < 1.29 is 0 Å². The fourth-order valence-electron chi connectivity index (χ4n) is 2.08. The summed E-state index contributed by atoms with van der Waals surface area (Å²) in [6.45, 7) is 6.82. The molecular formula is C15H31IN6. The Kier molecular flexibility index (Phi) is 11.3.